The normalized spacial score (nSPS) is 14.7. The van der Waals surface area contributed by atoms with Crippen LogP contribution < -0.4 is 0 Å². The Balaban J connectivity index is 3.76. The number of hydrogen-bond acceptors (Lipinski definition) is 3. The molecule has 0 aliphatic carbocycles. The van der Waals surface area contributed by atoms with Crippen molar-refractivity contribution in [2.45, 2.75) is 122 Å². The van der Waals surface area contributed by atoms with Gasteiger partial charge in [0, 0.05) is 0 Å². The van der Waals surface area contributed by atoms with Gasteiger partial charge >= 0.3 is 0 Å². The van der Waals surface area contributed by atoms with Gasteiger partial charge in [0.2, 0.25) is 0 Å². The molecule has 0 saturated carbocycles. The molecule has 0 saturated heterocycles. The number of aliphatic hydroxyl groups is 1. The average molecular weight is 365 g/mol. The van der Waals surface area contributed by atoms with Gasteiger partial charge in [-0.15, -0.1) is 0 Å². The highest BCUT2D eigenvalue weighted by Crippen LogP contribution is 2.19. The summed E-state index contributed by atoms with van der Waals surface area (Å²) in [6, 6.07) is 0. The van der Waals surface area contributed by atoms with Gasteiger partial charge in [-0.1, -0.05) is 84.0 Å². The largest absolute Gasteiger partial charge is 0.393 e. The van der Waals surface area contributed by atoms with Gasteiger partial charge in [-0.3, -0.25) is 4.55 Å². The molecule has 5 heteroatoms. The summed E-state index contributed by atoms with van der Waals surface area (Å²) in [6.45, 7) is 4.00. The van der Waals surface area contributed by atoms with E-state index in [1.54, 1.807) is 6.92 Å². The van der Waals surface area contributed by atoms with Gasteiger partial charge in [0.05, 0.1) is 11.4 Å². The Kier molecular flexibility index (Phi) is 15.1. The Bertz CT molecular complexity index is 366. The van der Waals surface area contributed by atoms with Gasteiger partial charge in [0.15, 0.2) is 0 Å². The third-order valence-corrected chi connectivity index (χ3v) is 6.01. The zero-order valence-electron chi connectivity index (χ0n) is 15.9. The zero-order chi connectivity index (χ0) is 18.3. The fraction of sp³-hybridized carbons (Fsp3) is 1.00. The SMILES string of the molecule is CCCCCCCCCCC(CCCCCCC(C)O)S(=O)(=O)O. The monoisotopic (exact) mass is 364 g/mol. The van der Waals surface area contributed by atoms with E-state index < -0.39 is 15.4 Å². The zero-order valence-corrected chi connectivity index (χ0v) is 16.7. The molecular formula is C19H40O4S. The molecule has 0 spiro atoms. The van der Waals surface area contributed by atoms with Gasteiger partial charge in [0.1, 0.15) is 0 Å². The summed E-state index contributed by atoms with van der Waals surface area (Å²) >= 11 is 0. The smallest absolute Gasteiger partial charge is 0.267 e. The molecule has 0 amide bonds. The van der Waals surface area contributed by atoms with E-state index in [0.717, 1.165) is 44.9 Å². The standard InChI is InChI=1S/C19H40O4S/c1-3-4-5-6-7-8-9-13-16-19(24(21,22)23)17-14-11-10-12-15-18(2)20/h18-20H,3-17H2,1-2H3,(H,21,22,23). The van der Waals surface area contributed by atoms with Crippen LogP contribution in [0.2, 0.25) is 0 Å². The second-order valence-corrected chi connectivity index (χ2v) is 8.94. The van der Waals surface area contributed by atoms with Crippen LogP contribution in [0.4, 0.5) is 0 Å². The minimum absolute atomic E-state index is 0.252. The quantitative estimate of drug-likeness (QED) is 0.264. The van der Waals surface area contributed by atoms with Crippen LogP contribution in [0.1, 0.15) is 110 Å². The van der Waals surface area contributed by atoms with Crippen LogP contribution in [0, 0.1) is 0 Å². The first-order chi connectivity index (χ1) is 11.4. The maximum absolute atomic E-state index is 11.5. The topological polar surface area (TPSA) is 74.6 Å². The maximum atomic E-state index is 11.5. The molecule has 0 aromatic carbocycles. The molecule has 0 fully saturated rings. The first kappa shape index (κ1) is 23.9. The third kappa shape index (κ3) is 15.4. The van der Waals surface area contributed by atoms with Crippen LogP contribution in [0.25, 0.3) is 0 Å². The van der Waals surface area contributed by atoms with Crippen LogP contribution in [-0.4, -0.2) is 29.4 Å². The summed E-state index contributed by atoms with van der Waals surface area (Å²) in [4.78, 5) is 0. The van der Waals surface area contributed by atoms with Crippen molar-refractivity contribution in [2.75, 3.05) is 0 Å². The van der Waals surface area contributed by atoms with Crippen molar-refractivity contribution in [3.05, 3.63) is 0 Å². The molecule has 0 aliphatic rings. The number of hydrogen-bond donors (Lipinski definition) is 2. The third-order valence-electron chi connectivity index (χ3n) is 4.70. The van der Waals surface area contributed by atoms with E-state index in [9.17, 15) is 18.1 Å². The molecule has 0 bridgehead atoms. The van der Waals surface area contributed by atoms with E-state index in [2.05, 4.69) is 6.92 Å². The molecule has 24 heavy (non-hydrogen) atoms. The second kappa shape index (κ2) is 15.2. The van der Waals surface area contributed by atoms with Crippen LogP contribution in [0.5, 0.6) is 0 Å². The molecule has 4 nitrogen and oxygen atoms in total. The number of aliphatic hydroxyl groups excluding tert-OH is 1. The molecule has 2 unspecified atom stereocenters. The summed E-state index contributed by atoms with van der Waals surface area (Å²) in [5, 5.41) is 8.60. The van der Waals surface area contributed by atoms with Crippen LogP contribution in [0.15, 0.2) is 0 Å². The maximum Gasteiger partial charge on any atom is 0.267 e. The van der Waals surface area contributed by atoms with Crippen molar-refractivity contribution >= 4 is 10.1 Å². The Morgan fingerprint density at radius 3 is 1.46 bits per heavy atom. The Hall–Kier alpha value is -0.130. The minimum atomic E-state index is -3.92. The van der Waals surface area contributed by atoms with Gasteiger partial charge in [-0.2, -0.15) is 8.42 Å². The lowest BCUT2D eigenvalue weighted by atomic mass is 10.0. The summed E-state index contributed by atoms with van der Waals surface area (Å²) in [6.07, 6.45) is 15.0. The lowest BCUT2D eigenvalue weighted by molar-refractivity contribution is 0.180. The van der Waals surface area contributed by atoms with Crippen LogP contribution >= 0.6 is 0 Å². The lowest BCUT2D eigenvalue weighted by Crippen LogP contribution is -2.20. The molecule has 0 rings (SSSR count). The van der Waals surface area contributed by atoms with E-state index in [4.69, 9.17) is 0 Å². The highest BCUT2D eigenvalue weighted by molar-refractivity contribution is 7.86. The molecule has 0 heterocycles. The van der Waals surface area contributed by atoms with Gasteiger partial charge in [0.25, 0.3) is 10.1 Å². The van der Waals surface area contributed by atoms with Crippen LogP contribution in [-0.2, 0) is 10.1 Å². The average Bonchev–Trinajstić information content (AvgIpc) is 2.49. The van der Waals surface area contributed by atoms with Crippen molar-refractivity contribution < 1.29 is 18.1 Å². The summed E-state index contributed by atoms with van der Waals surface area (Å²) in [5.41, 5.74) is 0. The summed E-state index contributed by atoms with van der Waals surface area (Å²) < 4.78 is 32.4. The molecule has 0 aromatic heterocycles. The lowest BCUT2D eigenvalue weighted by Gasteiger charge is -2.14. The highest BCUT2D eigenvalue weighted by Gasteiger charge is 2.21. The van der Waals surface area contributed by atoms with Crippen molar-refractivity contribution in [3.63, 3.8) is 0 Å². The minimum Gasteiger partial charge on any atom is -0.393 e. The van der Waals surface area contributed by atoms with Crippen LogP contribution in [0.3, 0.4) is 0 Å². The number of unbranched alkanes of at least 4 members (excludes halogenated alkanes) is 10. The summed E-state index contributed by atoms with van der Waals surface area (Å²) in [5.74, 6) is 0. The predicted molar refractivity (Wildman–Crippen MR) is 102 cm³/mol. The van der Waals surface area contributed by atoms with E-state index >= 15 is 0 Å². The van der Waals surface area contributed by atoms with E-state index in [0.29, 0.717) is 12.8 Å². The molecular weight excluding hydrogens is 324 g/mol. The molecule has 2 N–H and O–H groups in total. The van der Waals surface area contributed by atoms with E-state index in [1.807, 2.05) is 0 Å². The highest BCUT2D eigenvalue weighted by atomic mass is 32.2. The summed E-state index contributed by atoms with van der Waals surface area (Å²) in [7, 11) is -3.92. The second-order valence-electron chi connectivity index (χ2n) is 7.24. The predicted octanol–water partition coefficient (Wildman–Crippen LogP) is 5.50. The number of rotatable bonds is 17. The first-order valence-electron chi connectivity index (χ1n) is 10.0. The Morgan fingerprint density at radius 1 is 0.708 bits per heavy atom. The van der Waals surface area contributed by atoms with Crippen molar-refractivity contribution in [1.82, 2.24) is 0 Å². The fourth-order valence-electron chi connectivity index (χ4n) is 3.11. The Labute approximate surface area is 150 Å². The molecule has 0 aromatic rings. The molecule has 146 valence electrons. The first-order valence-corrected chi connectivity index (χ1v) is 11.5. The fourth-order valence-corrected chi connectivity index (χ4v) is 4.04. The molecule has 0 radical (unpaired) electrons. The van der Waals surface area contributed by atoms with Crippen molar-refractivity contribution in [2.24, 2.45) is 0 Å². The van der Waals surface area contributed by atoms with Gasteiger partial charge in [-0.25, -0.2) is 0 Å². The van der Waals surface area contributed by atoms with E-state index in [-0.39, 0.29) is 6.10 Å². The van der Waals surface area contributed by atoms with Gasteiger partial charge < -0.3 is 5.11 Å². The van der Waals surface area contributed by atoms with Crippen molar-refractivity contribution in [3.8, 4) is 0 Å². The van der Waals surface area contributed by atoms with Crippen molar-refractivity contribution in [1.29, 1.82) is 0 Å². The molecule has 0 aliphatic heterocycles. The van der Waals surface area contributed by atoms with E-state index in [1.165, 1.54) is 38.5 Å². The molecule has 2 atom stereocenters. The Morgan fingerprint density at radius 2 is 1.08 bits per heavy atom. The van der Waals surface area contributed by atoms with Gasteiger partial charge in [-0.05, 0) is 26.2 Å².